The second kappa shape index (κ2) is 7.68. The molecule has 152 valence electrons. The van der Waals surface area contributed by atoms with Crippen LogP contribution < -0.4 is 5.56 Å². The zero-order valence-electron chi connectivity index (χ0n) is 17.8. The molecule has 29 heavy (non-hydrogen) atoms. The zero-order chi connectivity index (χ0) is 21.5. The molecule has 0 aliphatic carbocycles. The second-order valence-electron chi connectivity index (χ2n) is 8.07. The molecular weight excluding hydrogens is 386 g/mol. The highest BCUT2D eigenvalue weighted by Gasteiger charge is 2.27. The van der Waals surface area contributed by atoms with Crippen LogP contribution in [0.25, 0.3) is 22.3 Å². The Bertz CT molecular complexity index is 1160. The molecule has 0 N–H and O–H groups in total. The maximum atomic E-state index is 13.1. The van der Waals surface area contributed by atoms with Crippen molar-refractivity contribution < 1.29 is 4.55 Å². The molecule has 2 heterocycles. The van der Waals surface area contributed by atoms with Gasteiger partial charge >= 0.3 is 0 Å². The van der Waals surface area contributed by atoms with Gasteiger partial charge in [0.1, 0.15) is 27.8 Å². The van der Waals surface area contributed by atoms with E-state index in [0.717, 1.165) is 5.56 Å². The fraction of sp³-hybridized carbons (Fsp3) is 0.381. The highest BCUT2D eigenvalue weighted by molar-refractivity contribution is 7.91. The highest BCUT2D eigenvalue weighted by Crippen LogP contribution is 2.24. The van der Waals surface area contributed by atoms with Crippen molar-refractivity contribution in [1.29, 1.82) is 0 Å². The first-order valence-electron chi connectivity index (χ1n) is 9.27. The van der Waals surface area contributed by atoms with Crippen LogP contribution in [0.5, 0.6) is 0 Å². The third-order valence-electron chi connectivity index (χ3n) is 4.50. The molecule has 3 aromatic rings. The molecular formula is C21H25N5O2S. The number of hydrogen-bond acceptors (Lipinski definition) is 6. The van der Waals surface area contributed by atoms with Gasteiger partial charge in [-0.15, -0.1) is 0 Å². The fourth-order valence-electron chi connectivity index (χ4n) is 2.87. The Balaban J connectivity index is 2.30. The van der Waals surface area contributed by atoms with Gasteiger partial charge in [0.2, 0.25) is 0 Å². The van der Waals surface area contributed by atoms with E-state index in [9.17, 15) is 9.35 Å². The summed E-state index contributed by atoms with van der Waals surface area (Å²) in [5.41, 5.74) is 3.20. The van der Waals surface area contributed by atoms with E-state index in [1.165, 1.54) is 4.57 Å². The number of rotatable bonds is 3. The molecule has 1 aromatic carbocycles. The maximum Gasteiger partial charge on any atom is 0.261 e. The Morgan fingerprint density at radius 3 is 2.38 bits per heavy atom. The number of hydrogen-bond donors (Lipinski definition) is 0. The van der Waals surface area contributed by atoms with Gasteiger partial charge in [-0.05, 0) is 59.2 Å². The lowest BCUT2D eigenvalue weighted by Crippen LogP contribution is -2.27. The highest BCUT2D eigenvalue weighted by atomic mass is 32.2. The van der Waals surface area contributed by atoms with Crippen LogP contribution in [0.1, 0.15) is 44.6 Å². The quantitative estimate of drug-likeness (QED) is 0.487. The number of benzene rings is 1. The average Bonchev–Trinajstić information content (AvgIpc) is 2.64. The van der Waals surface area contributed by atoms with E-state index >= 15 is 0 Å². The Kier molecular flexibility index (Phi) is 5.60. The third kappa shape index (κ3) is 4.23. The average molecular weight is 412 g/mol. The van der Waals surface area contributed by atoms with E-state index < -0.39 is 16.1 Å². The molecule has 0 saturated carbocycles. The predicted molar refractivity (Wildman–Crippen MR) is 118 cm³/mol. The van der Waals surface area contributed by atoms with Crippen molar-refractivity contribution in [3.8, 4) is 11.4 Å². The van der Waals surface area contributed by atoms with E-state index in [1.807, 2.05) is 39.8 Å². The van der Waals surface area contributed by atoms with Crippen LogP contribution in [0.3, 0.4) is 0 Å². The minimum atomic E-state index is -1.41. The van der Waals surface area contributed by atoms with E-state index in [2.05, 4.69) is 14.4 Å². The normalized spacial score (nSPS) is 13.7. The van der Waals surface area contributed by atoms with E-state index in [4.69, 9.17) is 4.98 Å². The molecule has 3 rings (SSSR count). The second-order valence-corrected chi connectivity index (χ2v) is 9.97. The molecule has 0 saturated heterocycles. The topological polar surface area (TPSA) is 96.1 Å². The van der Waals surface area contributed by atoms with Crippen molar-refractivity contribution in [2.75, 3.05) is 0 Å². The van der Waals surface area contributed by atoms with Crippen LogP contribution in [-0.4, -0.2) is 34.5 Å². The van der Waals surface area contributed by atoms with Gasteiger partial charge in [-0.1, -0.05) is 4.40 Å². The number of nitrogens with zero attached hydrogens (tertiary/aromatic N) is 5. The predicted octanol–water partition coefficient (Wildman–Crippen LogP) is 3.28. The molecule has 0 aliphatic heterocycles. The van der Waals surface area contributed by atoms with Crippen molar-refractivity contribution in [3.05, 3.63) is 51.8 Å². The first-order valence-corrected chi connectivity index (χ1v) is 10.4. The lowest BCUT2D eigenvalue weighted by molar-refractivity contribution is 0.561. The summed E-state index contributed by atoms with van der Waals surface area (Å²) in [7, 11) is 1.68. The standard InChI is InChI=1S/C21H25N5O2S/c1-12-8-16(13(2)25-29(28)21(4,5)6)18-17(9-12)20(27)26(7)19(24-18)15-10-22-14(3)23-11-15/h8-11H,1-7H3. The summed E-state index contributed by atoms with van der Waals surface area (Å²) in [5.74, 6) is 1.11. The number of fused-ring (bicyclic) bond motifs is 1. The number of aryl methyl sites for hydroxylation is 2. The fourth-order valence-corrected chi connectivity index (χ4v) is 3.49. The molecule has 1 atom stereocenters. The summed E-state index contributed by atoms with van der Waals surface area (Å²) in [5, 5.41) is 0.496. The van der Waals surface area contributed by atoms with Crippen molar-refractivity contribution >= 4 is 28.0 Å². The summed E-state index contributed by atoms with van der Waals surface area (Å²) in [4.78, 5) is 26.3. The van der Waals surface area contributed by atoms with E-state index in [-0.39, 0.29) is 5.56 Å². The maximum absolute atomic E-state index is 13.1. The van der Waals surface area contributed by atoms with Gasteiger partial charge in [-0.3, -0.25) is 9.36 Å². The van der Waals surface area contributed by atoms with Crippen LogP contribution in [0.2, 0.25) is 0 Å². The molecule has 0 radical (unpaired) electrons. The minimum Gasteiger partial charge on any atom is -0.591 e. The summed E-state index contributed by atoms with van der Waals surface area (Å²) in [6.07, 6.45) is 3.30. The Morgan fingerprint density at radius 1 is 1.17 bits per heavy atom. The molecule has 0 amide bonds. The minimum absolute atomic E-state index is 0.166. The molecule has 1 unspecified atom stereocenters. The van der Waals surface area contributed by atoms with Gasteiger partial charge < -0.3 is 4.55 Å². The van der Waals surface area contributed by atoms with Gasteiger partial charge in [0.25, 0.3) is 5.56 Å². The first-order chi connectivity index (χ1) is 13.5. The molecule has 0 bridgehead atoms. The van der Waals surface area contributed by atoms with Gasteiger partial charge in [0.05, 0.1) is 22.2 Å². The molecule has 7 nitrogen and oxygen atoms in total. The van der Waals surface area contributed by atoms with Crippen molar-refractivity contribution in [1.82, 2.24) is 19.5 Å². The summed E-state index contributed by atoms with van der Waals surface area (Å²) in [6.45, 7) is 11.1. The van der Waals surface area contributed by atoms with Crippen LogP contribution in [0.15, 0.2) is 33.7 Å². The van der Waals surface area contributed by atoms with Crippen LogP contribution in [0.4, 0.5) is 0 Å². The molecule has 0 spiro atoms. The first kappa shape index (κ1) is 21.1. The molecule has 8 heteroatoms. The lowest BCUT2D eigenvalue weighted by atomic mass is 10.0. The molecule has 0 aliphatic rings. The summed E-state index contributed by atoms with van der Waals surface area (Å²) in [6, 6.07) is 3.74. The van der Waals surface area contributed by atoms with Crippen LogP contribution in [-0.2, 0) is 18.4 Å². The largest absolute Gasteiger partial charge is 0.591 e. The molecule has 2 aromatic heterocycles. The van der Waals surface area contributed by atoms with E-state index in [0.29, 0.717) is 39.4 Å². The van der Waals surface area contributed by atoms with Gasteiger partial charge in [-0.25, -0.2) is 15.0 Å². The molecule has 0 fully saturated rings. The van der Waals surface area contributed by atoms with Gasteiger partial charge in [-0.2, -0.15) is 0 Å². The Hall–Kier alpha value is -2.58. The third-order valence-corrected chi connectivity index (χ3v) is 5.98. The van der Waals surface area contributed by atoms with Crippen molar-refractivity contribution in [3.63, 3.8) is 0 Å². The smallest absolute Gasteiger partial charge is 0.261 e. The van der Waals surface area contributed by atoms with Crippen molar-refractivity contribution in [2.45, 2.75) is 46.3 Å². The van der Waals surface area contributed by atoms with Gasteiger partial charge in [0.15, 0.2) is 0 Å². The van der Waals surface area contributed by atoms with Crippen LogP contribution in [0, 0.1) is 13.8 Å². The Morgan fingerprint density at radius 2 is 1.79 bits per heavy atom. The SMILES string of the molecule is CC(=N[S+]([O-])C(C)(C)C)c1cc(C)cc2c(=O)n(C)c(-c3cnc(C)nc3)nc12. The summed E-state index contributed by atoms with van der Waals surface area (Å²) < 4.78 is 17.9. The number of aromatic nitrogens is 4. The van der Waals surface area contributed by atoms with Crippen molar-refractivity contribution in [2.24, 2.45) is 11.4 Å². The Labute approximate surface area is 173 Å². The zero-order valence-corrected chi connectivity index (χ0v) is 18.6. The van der Waals surface area contributed by atoms with E-state index in [1.54, 1.807) is 33.3 Å². The lowest BCUT2D eigenvalue weighted by Gasteiger charge is -2.19. The van der Waals surface area contributed by atoms with Gasteiger partial charge in [0, 0.05) is 25.0 Å². The summed E-state index contributed by atoms with van der Waals surface area (Å²) >= 11 is -1.41. The monoisotopic (exact) mass is 411 g/mol. The van der Waals surface area contributed by atoms with Crippen LogP contribution >= 0.6 is 0 Å².